The third-order valence-corrected chi connectivity index (χ3v) is 3.45. The molecule has 1 aromatic rings. The van der Waals surface area contributed by atoms with Crippen molar-refractivity contribution >= 4 is 11.7 Å². The summed E-state index contributed by atoms with van der Waals surface area (Å²) in [6, 6.07) is 4.31. The van der Waals surface area contributed by atoms with Crippen LogP contribution in [-0.4, -0.2) is 31.6 Å². The maximum Gasteiger partial charge on any atom is 0.319 e. The highest BCUT2D eigenvalue weighted by Crippen LogP contribution is 2.21. The summed E-state index contributed by atoms with van der Waals surface area (Å²) in [5, 5.41) is 5.30. The van der Waals surface area contributed by atoms with Crippen LogP contribution in [0.15, 0.2) is 18.2 Å². The molecule has 2 N–H and O–H groups in total. The molecule has 0 unspecified atom stereocenters. The van der Waals surface area contributed by atoms with Gasteiger partial charge in [0.2, 0.25) is 0 Å². The zero-order chi connectivity index (χ0) is 15.3. The predicted molar refractivity (Wildman–Crippen MR) is 77.7 cm³/mol. The van der Waals surface area contributed by atoms with Crippen LogP contribution in [0.5, 0.6) is 0 Å². The third-order valence-electron chi connectivity index (χ3n) is 3.45. The van der Waals surface area contributed by atoms with E-state index >= 15 is 0 Å². The Labute approximate surface area is 123 Å². The maximum atomic E-state index is 13.6. The lowest BCUT2D eigenvalue weighted by molar-refractivity contribution is -0.145. The first kappa shape index (κ1) is 15.7. The number of rotatable bonds is 5. The Hall–Kier alpha value is -1.66. The topological polar surface area (TPSA) is 59.6 Å². The summed E-state index contributed by atoms with van der Waals surface area (Å²) >= 11 is 0. The van der Waals surface area contributed by atoms with Crippen molar-refractivity contribution in [3.63, 3.8) is 0 Å². The van der Waals surface area contributed by atoms with Crippen LogP contribution in [-0.2, 0) is 15.9 Å². The van der Waals surface area contributed by atoms with Gasteiger partial charge in [0.25, 0.3) is 0 Å². The lowest BCUT2D eigenvalue weighted by Crippen LogP contribution is -2.35. The molecule has 0 saturated carbocycles. The van der Waals surface area contributed by atoms with Gasteiger partial charge in [0.1, 0.15) is 5.82 Å². The summed E-state index contributed by atoms with van der Waals surface area (Å²) in [6.45, 7) is 5.29. The number of hydrogen-bond donors (Lipinski definition) is 2. The van der Waals surface area contributed by atoms with Crippen molar-refractivity contribution in [1.82, 2.24) is 5.32 Å². The fourth-order valence-electron chi connectivity index (χ4n) is 2.19. The molecule has 1 aliphatic heterocycles. The molecule has 1 aliphatic rings. The number of carbonyl (C=O) groups is 1. The van der Waals surface area contributed by atoms with E-state index < -0.39 is 5.79 Å². The Balaban J connectivity index is 1.78. The smallest absolute Gasteiger partial charge is 0.319 e. The lowest BCUT2D eigenvalue weighted by Gasteiger charge is -2.22. The van der Waals surface area contributed by atoms with E-state index in [1.165, 1.54) is 6.07 Å². The number of hydrogen-bond acceptors (Lipinski definition) is 3. The highest BCUT2D eigenvalue weighted by atomic mass is 19.1. The van der Waals surface area contributed by atoms with Gasteiger partial charge in [-0.05, 0) is 31.0 Å². The van der Waals surface area contributed by atoms with Gasteiger partial charge in [-0.1, -0.05) is 13.0 Å². The van der Waals surface area contributed by atoms with Gasteiger partial charge in [0.05, 0.1) is 13.2 Å². The molecule has 1 fully saturated rings. The molecule has 2 rings (SSSR count). The first-order valence-corrected chi connectivity index (χ1v) is 7.13. The number of benzene rings is 1. The fraction of sp³-hybridized carbons (Fsp3) is 0.533. The van der Waals surface area contributed by atoms with Crippen LogP contribution in [0.2, 0.25) is 0 Å². The lowest BCUT2D eigenvalue weighted by atomic mass is 10.1. The molecule has 0 bridgehead atoms. The van der Waals surface area contributed by atoms with Crippen LogP contribution in [0.4, 0.5) is 14.9 Å². The quantitative estimate of drug-likeness (QED) is 0.878. The van der Waals surface area contributed by atoms with Crippen LogP contribution >= 0.6 is 0 Å². The van der Waals surface area contributed by atoms with E-state index in [0.717, 1.165) is 0 Å². The van der Waals surface area contributed by atoms with E-state index in [4.69, 9.17) is 9.47 Å². The zero-order valence-corrected chi connectivity index (χ0v) is 12.4. The summed E-state index contributed by atoms with van der Waals surface area (Å²) in [5.74, 6) is -0.933. The molecule has 21 heavy (non-hydrogen) atoms. The van der Waals surface area contributed by atoms with E-state index in [9.17, 15) is 9.18 Å². The molecule has 0 atom stereocenters. The Morgan fingerprint density at radius 1 is 1.38 bits per heavy atom. The fourth-order valence-corrected chi connectivity index (χ4v) is 2.19. The second-order valence-electron chi connectivity index (χ2n) is 5.12. The highest BCUT2D eigenvalue weighted by Gasteiger charge is 2.30. The average molecular weight is 296 g/mol. The molecule has 0 spiro atoms. The van der Waals surface area contributed by atoms with Gasteiger partial charge in [-0.15, -0.1) is 0 Å². The Morgan fingerprint density at radius 2 is 2.10 bits per heavy atom. The van der Waals surface area contributed by atoms with Crippen molar-refractivity contribution in [1.29, 1.82) is 0 Å². The summed E-state index contributed by atoms with van der Waals surface area (Å²) in [5.41, 5.74) is 1.06. The van der Waals surface area contributed by atoms with E-state index in [2.05, 4.69) is 10.6 Å². The Kier molecular flexibility index (Phi) is 5.14. The first-order valence-electron chi connectivity index (χ1n) is 7.13. The second-order valence-corrected chi connectivity index (χ2v) is 5.12. The van der Waals surface area contributed by atoms with Gasteiger partial charge >= 0.3 is 6.03 Å². The standard InChI is InChI=1S/C15H21FN2O3/c1-3-11-4-5-12(10-13(11)16)18-14(19)17-7-6-15(2)20-8-9-21-15/h4-5,10H,3,6-9H2,1-2H3,(H2,17,18,19). The molecule has 116 valence electrons. The van der Waals surface area contributed by atoms with E-state index in [1.807, 2.05) is 13.8 Å². The molecule has 0 aliphatic carbocycles. The number of carbonyl (C=O) groups excluding carboxylic acids is 1. The summed E-state index contributed by atoms with van der Waals surface area (Å²) in [6.07, 6.45) is 1.18. The van der Waals surface area contributed by atoms with Crippen molar-refractivity contribution in [3.8, 4) is 0 Å². The van der Waals surface area contributed by atoms with Crippen LogP contribution in [0.1, 0.15) is 25.8 Å². The molecule has 6 heteroatoms. The van der Waals surface area contributed by atoms with Gasteiger partial charge in [0, 0.05) is 18.7 Å². The van der Waals surface area contributed by atoms with Gasteiger partial charge in [-0.2, -0.15) is 0 Å². The normalized spacial score (nSPS) is 16.7. The number of aryl methyl sites for hydroxylation is 1. The molecular weight excluding hydrogens is 275 g/mol. The number of nitrogens with one attached hydrogen (secondary N) is 2. The van der Waals surface area contributed by atoms with Crippen molar-refractivity contribution in [2.45, 2.75) is 32.5 Å². The van der Waals surface area contributed by atoms with Crippen LogP contribution < -0.4 is 10.6 Å². The molecular formula is C15H21FN2O3. The van der Waals surface area contributed by atoms with E-state index in [0.29, 0.717) is 43.9 Å². The van der Waals surface area contributed by atoms with Crippen LogP contribution in [0.25, 0.3) is 0 Å². The van der Waals surface area contributed by atoms with Crippen molar-refractivity contribution in [2.24, 2.45) is 0 Å². The number of ether oxygens (including phenoxy) is 2. The molecule has 0 aromatic heterocycles. The van der Waals surface area contributed by atoms with E-state index in [-0.39, 0.29) is 11.8 Å². The minimum Gasteiger partial charge on any atom is -0.348 e. The minimum absolute atomic E-state index is 0.310. The summed E-state index contributed by atoms with van der Waals surface area (Å²) in [7, 11) is 0. The van der Waals surface area contributed by atoms with Crippen molar-refractivity contribution < 1.29 is 18.7 Å². The molecule has 1 heterocycles. The van der Waals surface area contributed by atoms with Gasteiger partial charge in [0.15, 0.2) is 5.79 Å². The van der Waals surface area contributed by atoms with Gasteiger partial charge in [-0.3, -0.25) is 0 Å². The predicted octanol–water partition coefficient (Wildman–Crippen LogP) is 2.66. The molecule has 2 amide bonds. The third kappa shape index (κ3) is 4.41. The summed E-state index contributed by atoms with van der Waals surface area (Å²) < 4.78 is 24.5. The maximum absolute atomic E-state index is 13.6. The van der Waals surface area contributed by atoms with Gasteiger partial charge < -0.3 is 20.1 Å². The number of urea groups is 1. The summed E-state index contributed by atoms with van der Waals surface area (Å²) in [4.78, 5) is 11.7. The van der Waals surface area contributed by atoms with Crippen molar-refractivity contribution in [3.05, 3.63) is 29.6 Å². The van der Waals surface area contributed by atoms with Gasteiger partial charge in [-0.25, -0.2) is 9.18 Å². The van der Waals surface area contributed by atoms with E-state index in [1.54, 1.807) is 12.1 Å². The Bertz CT molecular complexity index is 502. The second kappa shape index (κ2) is 6.87. The van der Waals surface area contributed by atoms with Crippen molar-refractivity contribution in [2.75, 3.05) is 25.1 Å². The molecule has 1 saturated heterocycles. The first-order chi connectivity index (χ1) is 10.0. The minimum atomic E-state index is -0.623. The largest absolute Gasteiger partial charge is 0.348 e. The van der Waals surface area contributed by atoms with Crippen LogP contribution in [0, 0.1) is 5.82 Å². The molecule has 1 aromatic carbocycles. The number of halogens is 1. The number of anilines is 1. The Morgan fingerprint density at radius 3 is 2.71 bits per heavy atom. The molecule has 0 radical (unpaired) electrons. The molecule has 5 nitrogen and oxygen atoms in total. The highest BCUT2D eigenvalue weighted by molar-refractivity contribution is 5.89. The SMILES string of the molecule is CCc1ccc(NC(=O)NCCC2(C)OCCO2)cc1F. The number of amides is 2. The monoisotopic (exact) mass is 296 g/mol. The van der Waals surface area contributed by atoms with Crippen LogP contribution in [0.3, 0.4) is 0 Å². The zero-order valence-electron chi connectivity index (χ0n) is 12.4. The average Bonchev–Trinajstić information content (AvgIpc) is 2.86.